The molecule has 3 nitrogen and oxygen atoms in total. The van der Waals surface area contributed by atoms with Gasteiger partial charge in [-0.05, 0) is 47.6 Å². The van der Waals surface area contributed by atoms with Gasteiger partial charge in [-0.2, -0.15) is 0 Å². The quantitative estimate of drug-likeness (QED) is 0.532. The smallest absolute Gasteiger partial charge is 0.154 e. The third-order valence-electron chi connectivity index (χ3n) is 2.34. The van der Waals surface area contributed by atoms with Gasteiger partial charge in [0, 0.05) is 7.00 Å². The van der Waals surface area contributed by atoms with E-state index in [0.29, 0.717) is 0 Å². The van der Waals surface area contributed by atoms with E-state index < -0.39 is 7.00 Å². The molecule has 0 aromatic rings. The van der Waals surface area contributed by atoms with Gasteiger partial charge in [-0.1, -0.05) is 0 Å². The van der Waals surface area contributed by atoms with Crippen LogP contribution in [0.3, 0.4) is 0 Å². The zero-order valence-corrected chi connectivity index (χ0v) is 9.92. The number of nitrogens with one attached hydrogen (secondary N) is 2. The molecule has 2 N–H and O–H groups in total. The van der Waals surface area contributed by atoms with Crippen LogP contribution < -0.4 is 5.32 Å². The van der Waals surface area contributed by atoms with Gasteiger partial charge in [-0.15, -0.1) is 0 Å². The normalized spacial score (nSPS) is 29.5. The predicted octanol–water partition coefficient (Wildman–Crippen LogP) is 2.78. The summed E-state index contributed by atoms with van der Waals surface area (Å²) in [5, 5.41) is 10.7. The highest BCUT2D eigenvalue weighted by atomic mass is 31.8. The van der Waals surface area contributed by atoms with E-state index in [1.807, 2.05) is 7.05 Å². The summed E-state index contributed by atoms with van der Waals surface area (Å²) >= 11 is 0. The summed E-state index contributed by atoms with van der Waals surface area (Å²) in [5.74, 6) is 0.236. The average Bonchev–Trinajstić information content (AvgIpc) is 2.73. The molecule has 74 valence electrons. The lowest BCUT2D eigenvalue weighted by Crippen LogP contribution is -2.18. The van der Waals surface area contributed by atoms with Crippen molar-refractivity contribution in [2.45, 2.75) is 31.1 Å². The summed E-state index contributed by atoms with van der Waals surface area (Å²) < 4.78 is 0. The van der Waals surface area contributed by atoms with Crippen molar-refractivity contribution in [3.8, 4) is 0 Å². The molecule has 0 saturated heterocycles. The number of ketones is 1. The molecule has 0 amide bonds. The number of hydrogen-bond acceptors (Lipinski definition) is 3. The molecule has 5 heteroatoms. The monoisotopic (exact) mass is 218 g/mol. The van der Waals surface area contributed by atoms with Gasteiger partial charge in [0.05, 0.1) is 0 Å². The van der Waals surface area contributed by atoms with Gasteiger partial charge >= 0.3 is 0 Å². The third kappa shape index (κ3) is 2.49. The standard InChI is InChI=1S/C8H16N2OP2/c1-7(11)8(12-13(8)9)5-3-4-6-10-2/h9-10H,3-6H2,1-2H3. The summed E-state index contributed by atoms with van der Waals surface area (Å²) in [7, 11) is 2.31. The first kappa shape index (κ1) is 11.1. The van der Waals surface area contributed by atoms with Crippen LogP contribution in [-0.4, -0.2) is 24.3 Å². The van der Waals surface area contributed by atoms with E-state index in [4.69, 9.17) is 5.16 Å². The zero-order chi connectivity index (χ0) is 9.90. The topological polar surface area (TPSA) is 53.0 Å². The Labute approximate surface area is 81.2 Å². The van der Waals surface area contributed by atoms with E-state index in [2.05, 4.69) is 5.32 Å². The number of rotatable bonds is 6. The summed E-state index contributed by atoms with van der Waals surface area (Å²) in [6, 6.07) is 0. The van der Waals surface area contributed by atoms with Crippen molar-refractivity contribution in [2.75, 3.05) is 13.6 Å². The van der Waals surface area contributed by atoms with E-state index in [9.17, 15) is 4.79 Å². The lowest BCUT2D eigenvalue weighted by molar-refractivity contribution is -0.117. The van der Waals surface area contributed by atoms with Crippen molar-refractivity contribution in [3.63, 3.8) is 0 Å². The van der Waals surface area contributed by atoms with Crippen molar-refractivity contribution in [3.05, 3.63) is 0 Å². The summed E-state index contributed by atoms with van der Waals surface area (Å²) in [6.45, 7) is 2.66. The minimum absolute atomic E-state index is 0.205. The second-order valence-corrected chi connectivity index (χ2v) is 7.85. The molecule has 1 aliphatic heterocycles. The van der Waals surface area contributed by atoms with Gasteiger partial charge in [0.15, 0.2) is 5.78 Å². The summed E-state index contributed by atoms with van der Waals surface area (Å²) in [5.41, 5.74) is 0. The second kappa shape index (κ2) is 4.50. The molecule has 0 bridgehead atoms. The van der Waals surface area contributed by atoms with Crippen LogP contribution in [0.5, 0.6) is 0 Å². The molecule has 13 heavy (non-hydrogen) atoms. The van der Waals surface area contributed by atoms with Gasteiger partial charge in [0.1, 0.15) is 4.90 Å². The minimum Gasteiger partial charge on any atom is -0.320 e. The lowest BCUT2D eigenvalue weighted by atomic mass is 10.1. The SMILES string of the molecule is CNCCCCC1(C(C)=O)P=P1=N. The van der Waals surface area contributed by atoms with E-state index in [1.54, 1.807) is 6.92 Å². The summed E-state index contributed by atoms with van der Waals surface area (Å²) in [4.78, 5) is 11.1. The van der Waals surface area contributed by atoms with Gasteiger partial charge in [0.2, 0.25) is 0 Å². The first-order chi connectivity index (χ1) is 6.13. The molecule has 2 atom stereocenters. The molecule has 1 heterocycles. The molecule has 0 aliphatic carbocycles. The van der Waals surface area contributed by atoms with Crippen molar-refractivity contribution < 1.29 is 4.79 Å². The Kier molecular flexibility index (Phi) is 3.85. The molecule has 1 aliphatic rings. The Morgan fingerprint density at radius 2 is 2.23 bits per heavy atom. The zero-order valence-electron chi connectivity index (χ0n) is 8.13. The van der Waals surface area contributed by atoms with E-state index >= 15 is 0 Å². The maximum atomic E-state index is 11.3. The fraction of sp³-hybridized carbons (Fsp3) is 0.875. The number of hydrogen-bond donors (Lipinski definition) is 2. The third-order valence-corrected chi connectivity index (χ3v) is 7.22. The van der Waals surface area contributed by atoms with Crippen molar-refractivity contribution in [1.29, 1.82) is 5.16 Å². The van der Waals surface area contributed by atoms with Gasteiger partial charge in [0.25, 0.3) is 0 Å². The van der Waals surface area contributed by atoms with Crippen molar-refractivity contribution >= 4 is 20.7 Å². The first-order valence-electron chi connectivity index (χ1n) is 4.53. The van der Waals surface area contributed by atoms with Crippen LogP contribution in [0.2, 0.25) is 0 Å². The molecule has 0 fully saturated rings. The average molecular weight is 218 g/mol. The maximum absolute atomic E-state index is 11.3. The Bertz CT molecular complexity index is 284. The van der Waals surface area contributed by atoms with E-state index in [-0.39, 0.29) is 10.7 Å². The molecule has 0 spiro atoms. The number of carbonyl (C=O) groups is 1. The van der Waals surface area contributed by atoms with Crippen LogP contribution in [0.1, 0.15) is 26.2 Å². The number of Topliss-reactive ketones (excluding diaryl/α,β-unsaturated/α-hetero) is 1. The van der Waals surface area contributed by atoms with Gasteiger partial charge in [-0.25, -0.2) is 0 Å². The molecular weight excluding hydrogens is 202 g/mol. The van der Waals surface area contributed by atoms with Crippen LogP contribution in [0.4, 0.5) is 0 Å². The molecule has 0 aromatic heterocycles. The van der Waals surface area contributed by atoms with E-state index in [0.717, 1.165) is 33.7 Å². The lowest BCUT2D eigenvalue weighted by Gasteiger charge is -2.09. The van der Waals surface area contributed by atoms with Gasteiger partial charge in [-0.3, -0.25) is 9.96 Å². The Morgan fingerprint density at radius 3 is 2.62 bits per heavy atom. The Morgan fingerprint density at radius 1 is 1.62 bits per heavy atom. The second-order valence-electron chi connectivity index (χ2n) is 3.35. The van der Waals surface area contributed by atoms with Crippen LogP contribution >= 0.6 is 14.9 Å². The molecule has 0 aromatic carbocycles. The molecular formula is C8H16N2OP2. The van der Waals surface area contributed by atoms with Crippen molar-refractivity contribution in [2.24, 2.45) is 0 Å². The van der Waals surface area contributed by atoms with Crippen molar-refractivity contribution in [1.82, 2.24) is 5.32 Å². The van der Waals surface area contributed by atoms with E-state index in [1.165, 1.54) is 0 Å². The minimum atomic E-state index is -0.726. The predicted molar refractivity (Wildman–Crippen MR) is 57.7 cm³/mol. The molecule has 1 rings (SSSR count). The fourth-order valence-electron chi connectivity index (χ4n) is 1.37. The van der Waals surface area contributed by atoms with Gasteiger partial charge < -0.3 is 5.32 Å². The molecule has 0 radical (unpaired) electrons. The number of carbonyl (C=O) groups excluding carboxylic acids is 1. The Balaban J connectivity index is 2.28. The fourth-order valence-corrected chi connectivity index (χ4v) is 5.43. The molecule has 0 saturated carbocycles. The highest BCUT2D eigenvalue weighted by molar-refractivity contribution is 8.08. The largest absolute Gasteiger partial charge is 0.320 e. The van der Waals surface area contributed by atoms with Crippen LogP contribution in [0.25, 0.3) is 0 Å². The van der Waals surface area contributed by atoms with Crippen LogP contribution in [0, 0.1) is 5.16 Å². The first-order valence-corrected chi connectivity index (χ1v) is 7.47. The summed E-state index contributed by atoms with van der Waals surface area (Å²) in [6.07, 6.45) is 3.12. The Hall–Kier alpha value is 0.0300. The molecule has 2 unspecified atom stereocenters. The highest BCUT2D eigenvalue weighted by Gasteiger charge is 2.45. The van der Waals surface area contributed by atoms with Crippen LogP contribution in [0.15, 0.2) is 0 Å². The van der Waals surface area contributed by atoms with Crippen LogP contribution in [-0.2, 0) is 4.79 Å². The number of unbranched alkanes of at least 4 members (excludes halogenated alkanes) is 1. The maximum Gasteiger partial charge on any atom is 0.154 e. The highest BCUT2D eigenvalue weighted by Crippen LogP contribution is 2.68.